The Balaban J connectivity index is 2.94. The lowest BCUT2D eigenvalue weighted by atomic mass is 10.2. The molecule has 3 N–H and O–H groups in total. The number of nitrogens with zero attached hydrogens (tertiary/aromatic N) is 3. The molecule has 92 valence electrons. The molecule has 0 aromatic heterocycles. The molecule has 0 atom stereocenters. The van der Waals surface area contributed by atoms with Crippen LogP contribution in [-0.2, 0) is 4.74 Å². The second-order valence-corrected chi connectivity index (χ2v) is 3.31. The van der Waals surface area contributed by atoms with Crippen molar-refractivity contribution in [2.75, 3.05) is 13.7 Å². The van der Waals surface area contributed by atoms with Gasteiger partial charge in [0.2, 0.25) is 5.88 Å². The maximum absolute atomic E-state index is 9.79. The van der Waals surface area contributed by atoms with E-state index < -0.39 is 0 Å². The first-order chi connectivity index (χ1) is 8.63. The molecular formula is C12H12N4O2. The minimum atomic E-state index is -0.170. The van der Waals surface area contributed by atoms with E-state index in [0.717, 1.165) is 0 Å². The Bertz CT molecular complexity index is 529. The summed E-state index contributed by atoms with van der Waals surface area (Å²) in [5, 5.41) is 27.2. The molecule has 6 nitrogen and oxygen atoms in total. The maximum atomic E-state index is 9.79. The topological polar surface area (TPSA) is 106 Å². The third-order valence-electron chi connectivity index (χ3n) is 2.24. The molecule has 0 fully saturated rings. The lowest BCUT2D eigenvalue weighted by Gasteiger charge is -2.22. The fourth-order valence-electron chi connectivity index (χ4n) is 1.28. The Morgan fingerprint density at radius 2 is 2.28 bits per heavy atom. The van der Waals surface area contributed by atoms with E-state index in [1.807, 2.05) is 0 Å². The van der Waals surface area contributed by atoms with Crippen LogP contribution in [0.4, 0.5) is 0 Å². The van der Waals surface area contributed by atoms with Gasteiger partial charge in [0.15, 0.2) is 5.76 Å². The molecule has 6 heteroatoms. The van der Waals surface area contributed by atoms with Gasteiger partial charge in [0, 0.05) is 12.7 Å². The summed E-state index contributed by atoms with van der Waals surface area (Å²) in [5.74, 6) is 0.255. The number of ether oxygens (including phenoxy) is 1. The lowest BCUT2D eigenvalue weighted by molar-refractivity contribution is 0.200. The number of hydrogen-bond acceptors (Lipinski definition) is 6. The summed E-state index contributed by atoms with van der Waals surface area (Å²) in [6.45, 7) is 0.431. The van der Waals surface area contributed by atoms with Crippen LogP contribution in [0.15, 0.2) is 47.3 Å². The van der Waals surface area contributed by atoms with E-state index in [1.165, 1.54) is 24.3 Å². The van der Waals surface area contributed by atoms with Gasteiger partial charge in [0.1, 0.15) is 17.8 Å². The van der Waals surface area contributed by atoms with E-state index in [2.05, 4.69) is 0 Å². The van der Waals surface area contributed by atoms with Gasteiger partial charge in [-0.05, 0) is 12.2 Å². The third kappa shape index (κ3) is 2.83. The van der Waals surface area contributed by atoms with Crippen LogP contribution < -0.4 is 5.73 Å². The molecule has 0 radical (unpaired) electrons. The molecule has 1 aliphatic rings. The summed E-state index contributed by atoms with van der Waals surface area (Å²) in [6.07, 6.45) is 6.25. The zero-order chi connectivity index (χ0) is 13.5. The smallest absolute Gasteiger partial charge is 0.234 e. The molecule has 1 aliphatic heterocycles. The van der Waals surface area contributed by atoms with Gasteiger partial charge in [0.25, 0.3) is 0 Å². The summed E-state index contributed by atoms with van der Waals surface area (Å²) in [6, 6.07) is 3.49. The lowest BCUT2D eigenvalue weighted by Crippen LogP contribution is -2.21. The molecular weight excluding hydrogens is 232 g/mol. The number of hydrogen-bond donors (Lipinski definition) is 2. The Labute approximate surface area is 105 Å². The number of nitrogens with two attached hydrogens (primary N) is 1. The molecule has 0 spiro atoms. The molecule has 0 saturated heterocycles. The molecule has 0 bridgehead atoms. The predicted molar refractivity (Wildman–Crippen MR) is 64.1 cm³/mol. The largest absolute Gasteiger partial charge is 0.492 e. The predicted octanol–water partition coefficient (Wildman–Crippen LogP) is 1.01. The highest BCUT2D eigenvalue weighted by molar-refractivity contribution is 5.42. The number of aliphatic hydroxyl groups excluding tert-OH is 1. The summed E-state index contributed by atoms with van der Waals surface area (Å²) in [5.41, 5.74) is 5.22. The molecule has 0 amide bonds. The van der Waals surface area contributed by atoms with Crippen molar-refractivity contribution in [2.45, 2.75) is 0 Å². The third-order valence-corrected chi connectivity index (χ3v) is 2.24. The summed E-state index contributed by atoms with van der Waals surface area (Å²) in [7, 11) is 1.44. The molecule has 0 aliphatic carbocycles. The van der Waals surface area contributed by atoms with Crippen LogP contribution in [0, 0.1) is 22.7 Å². The van der Waals surface area contributed by atoms with E-state index >= 15 is 0 Å². The summed E-state index contributed by atoms with van der Waals surface area (Å²) in [4.78, 5) is 1.46. The van der Waals surface area contributed by atoms with E-state index in [4.69, 9.17) is 21.0 Å². The van der Waals surface area contributed by atoms with Gasteiger partial charge in [0.05, 0.1) is 12.7 Å². The zero-order valence-corrected chi connectivity index (χ0v) is 9.79. The number of nitriles is 2. The minimum Gasteiger partial charge on any atom is -0.492 e. The van der Waals surface area contributed by atoms with Crippen molar-refractivity contribution in [3.05, 3.63) is 47.3 Å². The molecule has 1 rings (SSSR count). The molecule has 0 saturated carbocycles. The van der Waals surface area contributed by atoms with Gasteiger partial charge in [-0.15, -0.1) is 0 Å². The Morgan fingerprint density at radius 3 is 2.83 bits per heavy atom. The molecule has 0 aromatic rings. The van der Waals surface area contributed by atoms with Crippen molar-refractivity contribution in [3.63, 3.8) is 0 Å². The van der Waals surface area contributed by atoms with Gasteiger partial charge < -0.3 is 20.5 Å². The second-order valence-electron chi connectivity index (χ2n) is 3.31. The van der Waals surface area contributed by atoms with Gasteiger partial charge in [-0.2, -0.15) is 10.5 Å². The highest BCUT2D eigenvalue weighted by Crippen LogP contribution is 2.16. The van der Waals surface area contributed by atoms with E-state index in [9.17, 15) is 5.11 Å². The van der Waals surface area contributed by atoms with Crippen molar-refractivity contribution in [1.29, 1.82) is 10.5 Å². The normalized spacial score (nSPS) is 16.3. The average molecular weight is 244 g/mol. The van der Waals surface area contributed by atoms with Gasteiger partial charge in [-0.1, -0.05) is 6.08 Å². The minimum absolute atomic E-state index is 0.0406. The SMILES string of the molecule is COC1=C(O)N(/C=C/C(C#N)=C(\N)C#N)CC=C1. The van der Waals surface area contributed by atoms with Crippen LogP contribution in [0.1, 0.15) is 0 Å². The van der Waals surface area contributed by atoms with Crippen LogP contribution in [-0.4, -0.2) is 23.7 Å². The molecule has 1 heterocycles. The van der Waals surface area contributed by atoms with E-state index in [-0.39, 0.29) is 17.2 Å². The standard InChI is InChI=1S/C12H12N4O2/c1-18-11-3-2-5-16(12(11)17)6-4-9(7-13)10(15)8-14/h2-4,6,17H,5,15H2,1H3/b6-4+,10-9+. The molecule has 0 aromatic carbocycles. The molecule has 18 heavy (non-hydrogen) atoms. The maximum Gasteiger partial charge on any atom is 0.234 e. The summed E-state index contributed by atoms with van der Waals surface area (Å²) < 4.78 is 4.95. The highest BCUT2D eigenvalue weighted by Gasteiger charge is 2.13. The fourth-order valence-corrected chi connectivity index (χ4v) is 1.28. The monoisotopic (exact) mass is 244 g/mol. The van der Waals surface area contributed by atoms with Crippen molar-refractivity contribution in [3.8, 4) is 12.1 Å². The van der Waals surface area contributed by atoms with Crippen molar-refractivity contribution < 1.29 is 9.84 Å². The number of rotatable bonds is 3. The number of methoxy groups -OCH3 is 1. The van der Waals surface area contributed by atoms with Crippen LogP contribution in [0.2, 0.25) is 0 Å². The second kappa shape index (κ2) is 6.02. The average Bonchev–Trinajstić information content (AvgIpc) is 2.40. The van der Waals surface area contributed by atoms with Crippen molar-refractivity contribution in [2.24, 2.45) is 5.73 Å². The van der Waals surface area contributed by atoms with E-state index in [1.54, 1.807) is 24.3 Å². The van der Waals surface area contributed by atoms with Gasteiger partial charge in [-0.3, -0.25) is 0 Å². The highest BCUT2D eigenvalue weighted by atomic mass is 16.5. The quantitative estimate of drug-likeness (QED) is 0.566. The van der Waals surface area contributed by atoms with Crippen LogP contribution >= 0.6 is 0 Å². The Kier molecular flexibility index (Phi) is 4.42. The van der Waals surface area contributed by atoms with Crippen LogP contribution in [0.3, 0.4) is 0 Å². The fraction of sp³-hybridized carbons (Fsp3) is 0.167. The number of aliphatic hydroxyl groups is 1. The van der Waals surface area contributed by atoms with Crippen molar-refractivity contribution in [1.82, 2.24) is 4.90 Å². The first-order valence-electron chi connectivity index (χ1n) is 5.02. The van der Waals surface area contributed by atoms with Crippen LogP contribution in [0.25, 0.3) is 0 Å². The van der Waals surface area contributed by atoms with Gasteiger partial charge in [-0.25, -0.2) is 0 Å². The summed E-state index contributed by atoms with van der Waals surface area (Å²) >= 11 is 0. The van der Waals surface area contributed by atoms with Crippen molar-refractivity contribution >= 4 is 0 Å². The van der Waals surface area contributed by atoms with E-state index in [0.29, 0.717) is 12.3 Å². The Morgan fingerprint density at radius 1 is 1.56 bits per heavy atom. The first-order valence-corrected chi connectivity index (χ1v) is 5.02. The van der Waals surface area contributed by atoms with Gasteiger partial charge >= 0.3 is 0 Å². The first kappa shape index (κ1) is 13.2. The Hall–Kier alpha value is -2.86. The zero-order valence-electron chi connectivity index (χ0n) is 9.79. The number of allylic oxidation sites excluding steroid dienone is 4. The van der Waals surface area contributed by atoms with Crippen LogP contribution in [0.5, 0.6) is 0 Å². The molecule has 0 unspecified atom stereocenters.